The van der Waals surface area contributed by atoms with Crippen LogP contribution in [0, 0.1) is 0 Å². The van der Waals surface area contributed by atoms with Crippen molar-refractivity contribution in [2.75, 3.05) is 6.54 Å². The molecule has 4 heteroatoms. The van der Waals surface area contributed by atoms with Gasteiger partial charge in [0.2, 0.25) is 0 Å². The molecule has 4 rings (SSSR count). The van der Waals surface area contributed by atoms with Gasteiger partial charge in [-0.15, -0.1) is 11.3 Å². The van der Waals surface area contributed by atoms with Gasteiger partial charge in [0.25, 0.3) is 5.91 Å². The first kappa shape index (κ1) is 17.5. The highest BCUT2D eigenvalue weighted by Crippen LogP contribution is 2.30. The molecule has 0 fully saturated rings. The minimum Gasteiger partial charge on any atom is -0.387 e. The number of aliphatic hydroxyl groups excluding tert-OH is 1. The van der Waals surface area contributed by atoms with E-state index in [0.29, 0.717) is 5.56 Å². The lowest BCUT2D eigenvalue weighted by Crippen LogP contribution is -2.28. The van der Waals surface area contributed by atoms with Crippen LogP contribution in [0.2, 0.25) is 0 Å². The van der Waals surface area contributed by atoms with Crippen molar-refractivity contribution in [1.82, 2.24) is 5.32 Å². The molecule has 27 heavy (non-hydrogen) atoms. The van der Waals surface area contributed by atoms with E-state index < -0.39 is 6.10 Å². The van der Waals surface area contributed by atoms with Crippen LogP contribution in [-0.2, 0) is 0 Å². The molecule has 4 aromatic rings. The van der Waals surface area contributed by atoms with E-state index in [1.54, 1.807) is 11.3 Å². The Kier molecular flexibility index (Phi) is 5.01. The Bertz CT molecular complexity index is 1050. The van der Waals surface area contributed by atoms with Gasteiger partial charge in [0.15, 0.2) is 0 Å². The monoisotopic (exact) mass is 373 g/mol. The van der Waals surface area contributed by atoms with E-state index in [1.165, 1.54) is 0 Å². The van der Waals surface area contributed by atoms with E-state index in [2.05, 4.69) is 5.32 Å². The van der Waals surface area contributed by atoms with Crippen molar-refractivity contribution >= 4 is 27.3 Å². The molecule has 1 amide bonds. The van der Waals surface area contributed by atoms with E-state index in [9.17, 15) is 9.90 Å². The lowest BCUT2D eigenvalue weighted by Gasteiger charge is -2.12. The second-order valence-corrected chi connectivity index (χ2v) is 7.27. The van der Waals surface area contributed by atoms with Gasteiger partial charge in [-0.25, -0.2) is 0 Å². The Morgan fingerprint density at radius 1 is 0.889 bits per heavy atom. The fourth-order valence-electron chi connectivity index (χ4n) is 3.10. The van der Waals surface area contributed by atoms with Crippen LogP contribution >= 0.6 is 11.3 Å². The number of thiophene rings is 1. The van der Waals surface area contributed by atoms with Crippen LogP contribution < -0.4 is 5.32 Å². The summed E-state index contributed by atoms with van der Waals surface area (Å²) in [6, 6.07) is 25.5. The number of carbonyl (C=O) groups excluding carboxylic acids is 1. The molecule has 0 saturated heterocycles. The van der Waals surface area contributed by atoms with Crippen LogP contribution in [0.4, 0.5) is 0 Å². The maximum Gasteiger partial charge on any atom is 0.251 e. The Morgan fingerprint density at radius 2 is 1.56 bits per heavy atom. The molecule has 134 valence electrons. The molecule has 3 nitrogen and oxygen atoms in total. The lowest BCUT2D eigenvalue weighted by molar-refractivity contribution is 0.0917. The highest BCUT2D eigenvalue weighted by atomic mass is 32.1. The third-order valence-electron chi connectivity index (χ3n) is 4.58. The number of hydrogen-bond donors (Lipinski definition) is 2. The molecule has 0 radical (unpaired) electrons. The number of amides is 1. The quantitative estimate of drug-likeness (QED) is 0.515. The van der Waals surface area contributed by atoms with Gasteiger partial charge in [0.05, 0.1) is 6.10 Å². The number of carbonyl (C=O) groups is 1. The highest BCUT2D eigenvalue weighted by Gasteiger charge is 2.14. The minimum absolute atomic E-state index is 0.181. The molecule has 0 aliphatic heterocycles. The zero-order chi connectivity index (χ0) is 18.6. The third-order valence-corrected chi connectivity index (χ3v) is 5.56. The zero-order valence-electron chi connectivity index (χ0n) is 14.6. The summed E-state index contributed by atoms with van der Waals surface area (Å²) in [5.74, 6) is -0.187. The molecule has 0 aliphatic rings. The SMILES string of the molecule is O=C(NCC(O)c1csc2ccccc12)c1ccc(-c2ccccc2)cc1. The Morgan fingerprint density at radius 3 is 2.33 bits per heavy atom. The number of rotatable bonds is 5. The predicted octanol–water partition coefficient (Wildman–Crippen LogP) is 5.03. The Labute approximate surface area is 161 Å². The van der Waals surface area contributed by atoms with Crippen molar-refractivity contribution in [2.24, 2.45) is 0 Å². The number of aliphatic hydroxyl groups is 1. The second kappa shape index (κ2) is 7.74. The van der Waals surface area contributed by atoms with Crippen LogP contribution in [-0.4, -0.2) is 17.6 Å². The van der Waals surface area contributed by atoms with Gasteiger partial charge in [-0.1, -0.05) is 60.7 Å². The topological polar surface area (TPSA) is 49.3 Å². The molecule has 0 bridgehead atoms. The largest absolute Gasteiger partial charge is 0.387 e. The molecule has 0 saturated carbocycles. The van der Waals surface area contributed by atoms with Gasteiger partial charge < -0.3 is 10.4 Å². The van der Waals surface area contributed by atoms with E-state index >= 15 is 0 Å². The van der Waals surface area contributed by atoms with Gasteiger partial charge in [0.1, 0.15) is 0 Å². The first-order valence-electron chi connectivity index (χ1n) is 8.80. The first-order chi connectivity index (χ1) is 13.2. The molecule has 2 N–H and O–H groups in total. The summed E-state index contributed by atoms with van der Waals surface area (Å²) >= 11 is 1.60. The van der Waals surface area contributed by atoms with E-state index in [4.69, 9.17) is 0 Å². The van der Waals surface area contributed by atoms with Crippen LogP contribution in [0.3, 0.4) is 0 Å². The average molecular weight is 373 g/mol. The van der Waals surface area contributed by atoms with Crippen molar-refractivity contribution in [2.45, 2.75) is 6.10 Å². The van der Waals surface area contributed by atoms with Crippen molar-refractivity contribution in [3.05, 3.63) is 95.4 Å². The molecule has 1 atom stereocenters. The zero-order valence-corrected chi connectivity index (χ0v) is 15.4. The molecule has 0 aliphatic carbocycles. The standard InChI is InChI=1S/C23H19NO2S/c25-21(20-15-27-22-9-5-4-8-19(20)22)14-24-23(26)18-12-10-17(11-13-18)16-6-2-1-3-7-16/h1-13,15,21,25H,14H2,(H,24,26). The summed E-state index contributed by atoms with van der Waals surface area (Å²) in [6.07, 6.45) is -0.728. The molecular formula is C23H19NO2S. The van der Waals surface area contributed by atoms with Gasteiger partial charge in [-0.3, -0.25) is 4.79 Å². The maximum absolute atomic E-state index is 12.4. The molecular weight excluding hydrogens is 354 g/mol. The lowest BCUT2D eigenvalue weighted by atomic mass is 10.0. The van der Waals surface area contributed by atoms with E-state index in [1.807, 2.05) is 84.2 Å². The van der Waals surface area contributed by atoms with Crippen LogP contribution in [0.25, 0.3) is 21.2 Å². The number of benzene rings is 3. The fraction of sp³-hybridized carbons (Fsp3) is 0.0870. The predicted molar refractivity (Wildman–Crippen MR) is 111 cm³/mol. The summed E-state index contributed by atoms with van der Waals surface area (Å²) in [6.45, 7) is 0.181. The van der Waals surface area contributed by atoms with Crippen molar-refractivity contribution in [3.8, 4) is 11.1 Å². The van der Waals surface area contributed by atoms with Gasteiger partial charge in [0, 0.05) is 22.4 Å². The Hall–Kier alpha value is -2.95. The summed E-state index contributed by atoms with van der Waals surface area (Å²) < 4.78 is 1.13. The highest BCUT2D eigenvalue weighted by molar-refractivity contribution is 7.17. The van der Waals surface area contributed by atoms with E-state index in [0.717, 1.165) is 26.8 Å². The van der Waals surface area contributed by atoms with E-state index in [-0.39, 0.29) is 12.5 Å². The second-order valence-electron chi connectivity index (χ2n) is 6.36. The van der Waals surface area contributed by atoms with Gasteiger partial charge in [-0.05, 0) is 40.1 Å². The molecule has 1 heterocycles. The number of fused-ring (bicyclic) bond motifs is 1. The third kappa shape index (κ3) is 3.77. The molecule has 1 aromatic heterocycles. The maximum atomic E-state index is 12.4. The minimum atomic E-state index is -0.728. The molecule has 0 spiro atoms. The normalized spacial score (nSPS) is 12.0. The smallest absolute Gasteiger partial charge is 0.251 e. The van der Waals surface area contributed by atoms with Gasteiger partial charge >= 0.3 is 0 Å². The number of hydrogen-bond acceptors (Lipinski definition) is 3. The van der Waals surface area contributed by atoms with Crippen molar-refractivity contribution < 1.29 is 9.90 Å². The summed E-state index contributed by atoms with van der Waals surface area (Å²) in [7, 11) is 0. The molecule has 1 unspecified atom stereocenters. The van der Waals surface area contributed by atoms with Crippen LogP contribution in [0.15, 0.2) is 84.2 Å². The van der Waals surface area contributed by atoms with Crippen LogP contribution in [0.5, 0.6) is 0 Å². The average Bonchev–Trinajstić information content (AvgIpc) is 3.17. The van der Waals surface area contributed by atoms with Crippen LogP contribution in [0.1, 0.15) is 22.0 Å². The number of nitrogens with one attached hydrogen (secondary N) is 1. The summed E-state index contributed by atoms with van der Waals surface area (Å²) in [4.78, 5) is 12.4. The Balaban J connectivity index is 1.42. The molecule has 3 aromatic carbocycles. The fourth-order valence-corrected chi connectivity index (χ4v) is 4.11. The first-order valence-corrected chi connectivity index (χ1v) is 9.68. The van der Waals surface area contributed by atoms with Gasteiger partial charge in [-0.2, -0.15) is 0 Å². The summed E-state index contributed by atoms with van der Waals surface area (Å²) in [5.41, 5.74) is 3.62. The van der Waals surface area contributed by atoms with Crippen molar-refractivity contribution in [3.63, 3.8) is 0 Å². The van der Waals surface area contributed by atoms with Crippen molar-refractivity contribution in [1.29, 1.82) is 0 Å². The summed E-state index contributed by atoms with van der Waals surface area (Å²) in [5, 5.41) is 16.3.